The molecule has 4 rings (SSSR count). The summed E-state index contributed by atoms with van der Waals surface area (Å²) in [5.74, 6) is -0.217. The topological polar surface area (TPSA) is 117 Å². The van der Waals surface area contributed by atoms with Crippen LogP contribution in [0.5, 0.6) is 0 Å². The Labute approximate surface area is 199 Å². The molecule has 1 saturated heterocycles. The van der Waals surface area contributed by atoms with Gasteiger partial charge in [-0.3, -0.25) is 9.59 Å². The van der Waals surface area contributed by atoms with E-state index in [2.05, 4.69) is 23.4 Å². The number of aromatic nitrogens is 2. The van der Waals surface area contributed by atoms with Gasteiger partial charge in [0.15, 0.2) is 0 Å². The predicted molar refractivity (Wildman–Crippen MR) is 130 cm³/mol. The van der Waals surface area contributed by atoms with Crippen molar-refractivity contribution >= 4 is 23.3 Å². The summed E-state index contributed by atoms with van der Waals surface area (Å²) in [6.45, 7) is 2.87. The van der Waals surface area contributed by atoms with Gasteiger partial charge >= 0.3 is 0 Å². The lowest BCUT2D eigenvalue weighted by Crippen LogP contribution is -2.33. The van der Waals surface area contributed by atoms with E-state index < -0.39 is 0 Å². The summed E-state index contributed by atoms with van der Waals surface area (Å²) in [6, 6.07) is 19.4. The van der Waals surface area contributed by atoms with Gasteiger partial charge in [0.05, 0.1) is 17.3 Å². The number of carbonyl (C=O) groups is 2. The molecule has 3 N–H and O–H groups in total. The number of aryl methyl sites for hydroxylation is 2. The molecular formula is C26H28N6O2. The number of rotatable bonds is 8. The molecule has 0 spiro atoms. The second-order valence-electron chi connectivity index (χ2n) is 8.35. The molecule has 1 fully saturated rings. The highest BCUT2D eigenvalue weighted by Gasteiger charge is 2.35. The van der Waals surface area contributed by atoms with E-state index in [1.807, 2.05) is 54.6 Å². The summed E-state index contributed by atoms with van der Waals surface area (Å²) in [6.07, 6.45) is 2.15. The van der Waals surface area contributed by atoms with Gasteiger partial charge < -0.3 is 16.0 Å². The number of carbonyl (C=O) groups excluding carboxylic acids is 2. The number of para-hydroxylation sites is 2. The van der Waals surface area contributed by atoms with Gasteiger partial charge in [0, 0.05) is 25.2 Å². The van der Waals surface area contributed by atoms with Gasteiger partial charge in [-0.2, -0.15) is 10.4 Å². The number of hydrogen-bond acceptors (Lipinski definition) is 5. The minimum absolute atomic E-state index is 0.0263. The standard InChI is InChI=1S/C26H28N6O2/c1-2-18-9-6-7-13-23(18)31-17-19(15-24(31)33)26(34)29-14-8-12-22-21(16-27)25(28)32(30-22)20-10-4-3-5-11-20/h3-7,9-11,13,19H,2,8,12,14-15,17,28H2,1H3,(H,29,34). The van der Waals surface area contributed by atoms with Gasteiger partial charge in [0.1, 0.15) is 17.5 Å². The Bertz CT molecular complexity index is 1230. The van der Waals surface area contributed by atoms with Crippen LogP contribution < -0.4 is 16.0 Å². The van der Waals surface area contributed by atoms with Crippen molar-refractivity contribution in [2.75, 3.05) is 23.7 Å². The number of nitrogens with zero attached hydrogens (tertiary/aromatic N) is 4. The molecule has 0 aliphatic carbocycles. The Kier molecular flexibility index (Phi) is 6.93. The van der Waals surface area contributed by atoms with Gasteiger partial charge in [-0.25, -0.2) is 4.68 Å². The predicted octanol–water partition coefficient (Wildman–Crippen LogP) is 2.99. The van der Waals surface area contributed by atoms with E-state index in [-0.39, 0.29) is 24.2 Å². The van der Waals surface area contributed by atoms with Gasteiger partial charge in [0.25, 0.3) is 0 Å². The molecule has 1 unspecified atom stereocenters. The van der Waals surface area contributed by atoms with Crippen LogP contribution in [0.25, 0.3) is 5.69 Å². The molecule has 3 aromatic rings. The van der Waals surface area contributed by atoms with Crippen LogP contribution in [-0.4, -0.2) is 34.7 Å². The van der Waals surface area contributed by atoms with E-state index in [1.54, 1.807) is 9.58 Å². The minimum Gasteiger partial charge on any atom is -0.382 e. The fourth-order valence-electron chi connectivity index (χ4n) is 4.34. The number of nitrogens with one attached hydrogen (secondary N) is 1. The first-order valence-electron chi connectivity index (χ1n) is 11.5. The normalized spacial score (nSPS) is 15.4. The van der Waals surface area contributed by atoms with Crippen molar-refractivity contribution in [2.45, 2.75) is 32.6 Å². The van der Waals surface area contributed by atoms with Crippen LogP contribution in [0.1, 0.15) is 36.6 Å². The molecule has 174 valence electrons. The number of hydrogen-bond donors (Lipinski definition) is 2. The zero-order valence-electron chi connectivity index (χ0n) is 19.2. The van der Waals surface area contributed by atoms with Crippen LogP contribution in [0, 0.1) is 17.2 Å². The first kappa shape index (κ1) is 23.1. The maximum atomic E-state index is 12.7. The molecule has 2 aromatic carbocycles. The van der Waals surface area contributed by atoms with Crippen LogP contribution in [0.3, 0.4) is 0 Å². The molecule has 0 saturated carbocycles. The lowest BCUT2D eigenvalue weighted by Gasteiger charge is -2.20. The van der Waals surface area contributed by atoms with Crippen LogP contribution in [0.15, 0.2) is 54.6 Å². The van der Waals surface area contributed by atoms with Crippen molar-refractivity contribution in [1.82, 2.24) is 15.1 Å². The van der Waals surface area contributed by atoms with Gasteiger partial charge in [-0.1, -0.05) is 43.3 Å². The molecule has 8 heteroatoms. The summed E-state index contributed by atoms with van der Waals surface area (Å²) in [5, 5.41) is 17.0. The molecule has 1 aliphatic rings. The Morgan fingerprint density at radius 3 is 2.68 bits per heavy atom. The van der Waals surface area contributed by atoms with Crippen LogP contribution in [0.4, 0.5) is 11.5 Å². The molecule has 2 heterocycles. The number of nitrogen functional groups attached to an aromatic ring is 1. The Morgan fingerprint density at radius 2 is 1.94 bits per heavy atom. The first-order chi connectivity index (χ1) is 16.5. The van der Waals surface area contributed by atoms with Crippen molar-refractivity contribution < 1.29 is 9.59 Å². The van der Waals surface area contributed by atoms with Crippen LogP contribution >= 0.6 is 0 Å². The van der Waals surface area contributed by atoms with Gasteiger partial charge in [-0.15, -0.1) is 0 Å². The number of amides is 2. The van der Waals surface area contributed by atoms with E-state index in [1.165, 1.54) is 0 Å². The monoisotopic (exact) mass is 456 g/mol. The first-order valence-corrected chi connectivity index (χ1v) is 11.5. The summed E-state index contributed by atoms with van der Waals surface area (Å²) in [7, 11) is 0. The molecule has 2 amide bonds. The molecule has 34 heavy (non-hydrogen) atoms. The number of nitriles is 1. The Balaban J connectivity index is 1.33. The average Bonchev–Trinajstić information content (AvgIpc) is 3.41. The number of anilines is 2. The van der Waals surface area contributed by atoms with Crippen molar-refractivity contribution in [3.8, 4) is 11.8 Å². The maximum absolute atomic E-state index is 12.7. The highest BCUT2D eigenvalue weighted by Crippen LogP contribution is 2.28. The van der Waals surface area contributed by atoms with E-state index in [0.717, 1.165) is 23.4 Å². The van der Waals surface area contributed by atoms with E-state index >= 15 is 0 Å². The zero-order chi connectivity index (χ0) is 24.1. The summed E-state index contributed by atoms with van der Waals surface area (Å²) < 4.78 is 1.57. The molecular weight excluding hydrogens is 428 g/mol. The average molecular weight is 457 g/mol. The second-order valence-corrected chi connectivity index (χ2v) is 8.35. The minimum atomic E-state index is -0.375. The Hall–Kier alpha value is -4.12. The number of benzene rings is 2. The lowest BCUT2D eigenvalue weighted by molar-refractivity contribution is -0.126. The molecule has 0 bridgehead atoms. The van der Waals surface area contributed by atoms with E-state index in [9.17, 15) is 14.9 Å². The van der Waals surface area contributed by atoms with E-state index in [0.29, 0.717) is 43.0 Å². The lowest BCUT2D eigenvalue weighted by atomic mass is 10.1. The zero-order valence-corrected chi connectivity index (χ0v) is 19.2. The molecule has 1 atom stereocenters. The van der Waals surface area contributed by atoms with Crippen LogP contribution in [-0.2, 0) is 22.4 Å². The molecule has 1 aromatic heterocycles. The maximum Gasteiger partial charge on any atom is 0.227 e. The summed E-state index contributed by atoms with van der Waals surface area (Å²) >= 11 is 0. The smallest absolute Gasteiger partial charge is 0.227 e. The second kappa shape index (κ2) is 10.2. The van der Waals surface area contributed by atoms with Crippen molar-refractivity contribution in [3.63, 3.8) is 0 Å². The Morgan fingerprint density at radius 1 is 1.21 bits per heavy atom. The summed E-state index contributed by atoms with van der Waals surface area (Å²) in [4.78, 5) is 27.0. The molecule has 8 nitrogen and oxygen atoms in total. The number of nitrogens with two attached hydrogens (primary N) is 1. The van der Waals surface area contributed by atoms with Crippen molar-refractivity contribution in [3.05, 3.63) is 71.4 Å². The highest BCUT2D eigenvalue weighted by atomic mass is 16.2. The highest BCUT2D eigenvalue weighted by molar-refractivity contribution is 6.00. The van der Waals surface area contributed by atoms with E-state index in [4.69, 9.17) is 5.73 Å². The third-order valence-electron chi connectivity index (χ3n) is 6.15. The fourth-order valence-corrected chi connectivity index (χ4v) is 4.34. The van der Waals surface area contributed by atoms with Crippen molar-refractivity contribution in [1.29, 1.82) is 5.26 Å². The van der Waals surface area contributed by atoms with Crippen molar-refractivity contribution in [2.24, 2.45) is 5.92 Å². The van der Waals surface area contributed by atoms with Crippen LogP contribution in [0.2, 0.25) is 0 Å². The third-order valence-corrected chi connectivity index (χ3v) is 6.15. The SMILES string of the molecule is CCc1ccccc1N1CC(C(=O)NCCCc2nn(-c3ccccc3)c(N)c2C#N)CC1=O. The van der Waals surface area contributed by atoms with Gasteiger partial charge in [-0.05, 0) is 43.0 Å². The fraction of sp³-hybridized carbons (Fsp3) is 0.308. The molecule has 0 radical (unpaired) electrons. The summed E-state index contributed by atoms with van der Waals surface area (Å²) in [5.41, 5.74) is 9.89. The quantitative estimate of drug-likeness (QED) is 0.506. The molecule has 1 aliphatic heterocycles. The third kappa shape index (κ3) is 4.64. The largest absolute Gasteiger partial charge is 0.382 e. The van der Waals surface area contributed by atoms with Gasteiger partial charge in [0.2, 0.25) is 11.8 Å².